The van der Waals surface area contributed by atoms with Gasteiger partial charge in [0.05, 0.1) is 11.4 Å². The van der Waals surface area contributed by atoms with Gasteiger partial charge in [0, 0.05) is 35.4 Å². The summed E-state index contributed by atoms with van der Waals surface area (Å²) in [6.45, 7) is 4.78. The lowest BCUT2D eigenvalue weighted by Gasteiger charge is -2.15. The van der Waals surface area contributed by atoms with Crippen molar-refractivity contribution in [2.75, 3.05) is 5.32 Å². The molecule has 3 heterocycles. The van der Waals surface area contributed by atoms with Gasteiger partial charge >= 0.3 is 0 Å². The number of hydrogen-bond donors (Lipinski definition) is 1. The topological polar surface area (TPSA) is 84.8 Å². The van der Waals surface area contributed by atoms with Crippen molar-refractivity contribution < 1.29 is 14.0 Å². The Labute approximate surface area is 196 Å². The number of amides is 1. The molecule has 0 radical (unpaired) electrons. The van der Waals surface area contributed by atoms with Crippen molar-refractivity contribution in [1.82, 2.24) is 15.0 Å². The summed E-state index contributed by atoms with van der Waals surface area (Å²) in [6.07, 6.45) is 5.40. The quantitative estimate of drug-likeness (QED) is 0.373. The second kappa shape index (κ2) is 9.31. The molecule has 0 bridgehead atoms. The second-order valence-electron chi connectivity index (χ2n) is 8.40. The maximum absolute atomic E-state index is 14.3. The van der Waals surface area contributed by atoms with E-state index in [1.807, 2.05) is 37.3 Å². The van der Waals surface area contributed by atoms with Crippen molar-refractivity contribution >= 4 is 17.9 Å². The summed E-state index contributed by atoms with van der Waals surface area (Å²) >= 11 is 0. The van der Waals surface area contributed by atoms with Crippen LogP contribution in [0.5, 0.6) is 0 Å². The Balaban J connectivity index is 1.63. The van der Waals surface area contributed by atoms with Crippen molar-refractivity contribution in [1.29, 1.82) is 0 Å². The van der Waals surface area contributed by atoms with Gasteiger partial charge in [0.25, 0.3) is 5.91 Å². The normalized spacial score (nSPS) is 11.2. The third kappa shape index (κ3) is 5.04. The number of hydrogen-bond acceptors (Lipinski definition) is 5. The molecule has 0 unspecified atom stereocenters. The number of carbonyl (C=O) groups is 2. The Bertz CT molecular complexity index is 1380. The highest BCUT2D eigenvalue weighted by atomic mass is 19.1. The minimum absolute atomic E-state index is 0.197. The molecule has 170 valence electrons. The van der Waals surface area contributed by atoms with Gasteiger partial charge in [-0.15, -0.1) is 0 Å². The van der Waals surface area contributed by atoms with Crippen LogP contribution in [0.2, 0.25) is 0 Å². The summed E-state index contributed by atoms with van der Waals surface area (Å²) in [6, 6.07) is 15.9. The number of aryl methyl sites for hydroxylation is 1. The SMILES string of the molecule is Cc1ccc(NC(=O)c2ccnc(C(C)(C)F)c2)cc1-c1ccnc(-c2ccnc(C=O)c2)c1. The van der Waals surface area contributed by atoms with Crippen molar-refractivity contribution in [2.45, 2.75) is 26.4 Å². The van der Waals surface area contributed by atoms with Crippen LogP contribution in [0.25, 0.3) is 22.4 Å². The average Bonchev–Trinajstić information content (AvgIpc) is 2.85. The van der Waals surface area contributed by atoms with E-state index in [2.05, 4.69) is 20.3 Å². The summed E-state index contributed by atoms with van der Waals surface area (Å²) < 4.78 is 14.3. The van der Waals surface area contributed by atoms with Crippen LogP contribution < -0.4 is 5.32 Å². The van der Waals surface area contributed by atoms with Crippen molar-refractivity contribution in [3.63, 3.8) is 0 Å². The monoisotopic (exact) mass is 454 g/mol. The van der Waals surface area contributed by atoms with E-state index in [0.29, 0.717) is 28.9 Å². The molecule has 0 aliphatic heterocycles. The first-order chi connectivity index (χ1) is 16.2. The Morgan fingerprint density at radius 2 is 1.65 bits per heavy atom. The summed E-state index contributed by atoms with van der Waals surface area (Å²) in [4.78, 5) is 36.4. The molecule has 0 saturated heterocycles. The predicted molar refractivity (Wildman–Crippen MR) is 129 cm³/mol. The van der Waals surface area contributed by atoms with Crippen LogP contribution in [0.4, 0.5) is 10.1 Å². The van der Waals surface area contributed by atoms with Gasteiger partial charge in [-0.2, -0.15) is 0 Å². The third-order valence-corrected chi connectivity index (χ3v) is 5.40. The van der Waals surface area contributed by atoms with E-state index >= 15 is 0 Å². The predicted octanol–water partition coefficient (Wildman–Crippen LogP) is 5.78. The number of rotatable bonds is 6. The van der Waals surface area contributed by atoms with Crippen LogP contribution in [0, 0.1) is 6.92 Å². The third-order valence-electron chi connectivity index (χ3n) is 5.40. The number of nitrogens with zero attached hydrogens (tertiary/aromatic N) is 3. The van der Waals surface area contributed by atoms with Gasteiger partial charge in [-0.25, -0.2) is 4.39 Å². The second-order valence-corrected chi connectivity index (χ2v) is 8.40. The zero-order valence-corrected chi connectivity index (χ0v) is 19.0. The maximum Gasteiger partial charge on any atom is 0.255 e. The van der Waals surface area contributed by atoms with Gasteiger partial charge in [0.1, 0.15) is 11.4 Å². The van der Waals surface area contributed by atoms with Gasteiger partial charge in [-0.05, 0) is 86.0 Å². The first-order valence-electron chi connectivity index (χ1n) is 10.7. The first-order valence-corrected chi connectivity index (χ1v) is 10.7. The number of nitrogens with one attached hydrogen (secondary N) is 1. The highest BCUT2D eigenvalue weighted by Crippen LogP contribution is 2.30. The van der Waals surface area contributed by atoms with E-state index in [1.165, 1.54) is 26.1 Å². The lowest BCUT2D eigenvalue weighted by molar-refractivity contribution is 0.102. The Kier molecular flexibility index (Phi) is 6.27. The largest absolute Gasteiger partial charge is 0.322 e. The van der Waals surface area contributed by atoms with E-state index in [9.17, 15) is 14.0 Å². The summed E-state index contributed by atoms with van der Waals surface area (Å²) in [5, 5.41) is 2.88. The zero-order chi connectivity index (χ0) is 24.3. The molecular formula is C27H23FN4O2. The lowest BCUT2D eigenvalue weighted by Crippen LogP contribution is -2.16. The highest BCUT2D eigenvalue weighted by Gasteiger charge is 2.22. The Hall–Kier alpha value is -4.26. The summed E-state index contributed by atoms with van der Waals surface area (Å²) in [7, 11) is 0. The number of halogens is 1. The fraction of sp³-hybridized carbons (Fsp3) is 0.148. The fourth-order valence-electron chi connectivity index (χ4n) is 3.54. The van der Waals surface area contributed by atoms with Crippen molar-refractivity contribution in [2.24, 2.45) is 0 Å². The molecule has 7 heteroatoms. The van der Waals surface area contributed by atoms with Crippen LogP contribution in [-0.4, -0.2) is 27.1 Å². The van der Waals surface area contributed by atoms with Gasteiger partial charge < -0.3 is 5.32 Å². The molecule has 0 fully saturated rings. The van der Waals surface area contributed by atoms with E-state index in [-0.39, 0.29) is 11.6 Å². The molecule has 1 aromatic carbocycles. The molecule has 3 aromatic heterocycles. The lowest BCUT2D eigenvalue weighted by atomic mass is 9.98. The van der Waals surface area contributed by atoms with E-state index in [1.54, 1.807) is 30.6 Å². The number of alkyl halides is 1. The van der Waals surface area contributed by atoms with Crippen molar-refractivity contribution in [3.05, 3.63) is 95.7 Å². The maximum atomic E-state index is 14.3. The van der Waals surface area contributed by atoms with E-state index in [0.717, 1.165) is 22.3 Å². The molecule has 34 heavy (non-hydrogen) atoms. The molecule has 6 nitrogen and oxygen atoms in total. The minimum Gasteiger partial charge on any atom is -0.322 e. The van der Waals surface area contributed by atoms with Gasteiger partial charge in [-0.3, -0.25) is 24.5 Å². The smallest absolute Gasteiger partial charge is 0.255 e. The van der Waals surface area contributed by atoms with E-state index < -0.39 is 5.67 Å². The van der Waals surface area contributed by atoms with Crippen LogP contribution in [0.15, 0.2) is 73.2 Å². The number of aromatic nitrogens is 3. The van der Waals surface area contributed by atoms with E-state index in [4.69, 9.17) is 0 Å². The molecule has 0 aliphatic rings. The minimum atomic E-state index is -1.65. The number of benzene rings is 1. The Morgan fingerprint density at radius 1 is 0.912 bits per heavy atom. The zero-order valence-electron chi connectivity index (χ0n) is 19.0. The molecule has 1 N–H and O–H groups in total. The first kappa shape index (κ1) is 22.9. The van der Waals surface area contributed by atoms with Crippen LogP contribution >= 0.6 is 0 Å². The van der Waals surface area contributed by atoms with Crippen LogP contribution in [-0.2, 0) is 5.67 Å². The molecular weight excluding hydrogens is 431 g/mol. The summed E-state index contributed by atoms with van der Waals surface area (Å²) in [5.41, 5.74) is 4.16. The molecule has 0 atom stereocenters. The molecule has 0 saturated carbocycles. The highest BCUT2D eigenvalue weighted by molar-refractivity contribution is 6.04. The summed E-state index contributed by atoms with van der Waals surface area (Å²) in [5.74, 6) is -0.351. The van der Waals surface area contributed by atoms with Gasteiger partial charge in [-0.1, -0.05) is 6.07 Å². The number of pyridine rings is 3. The average molecular weight is 455 g/mol. The van der Waals surface area contributed by atoms with Crippen LogP contribution in [0.1, 0.15) is 46.0 Å². The van der Waals surface area contributed by atoms with Gasteiger partial charge in [0.15, 0.2) is 6.29 Å². The molecule has 0 aliphatic carbocycles. The number of anilines is 1. The standard InChI is InChI=1S/C27H23FN4O2/c1-17-4-5-21(32-26(34)20-8-11-31-25(14-20)27(2,3)28)15-23(17)18-6-10-30-24(13-18)19-7-9-29-22(12-19)16-33/h4-16H,1-3H3,(H,32,34). The molecule has 1 amide bonds. The molecule has 4 aromatic rings. The van der Waals surface area contributed by atoms with Crippen molar-refractivity contribution in [3.8, 4) is 22.4 Å². The Morgan fingerprint density at radius 3 is 2.41 bits per heavy atom. The van der Waals surface area contributed by atoms with Crippen LogP contribution in [0.3, 0.4) is 0 Å². The molecule has 4 rings (SSSR count). The number of aldehydes is 1. The molecule has 0 spiro atoms. The van der Waals surface area contributed by atoms with Gasteiger partial charge in [0.2, 0.25) is 0 Å². The number of carbonyl (C=O) groups excluding carboxylic acids is 2. The fourth-order valence-corrected chi connectivity index (χ4v) is 3.54.